The molecule has 5 heteroatoms. The maximum atomic E-state index is 11.7. The minimum atomic E-state index is -0.0255. The van der Waals surface area contributed by atoms with Gasteiger partial charge in [0.1, 0.15) is 6.10 Å². The number of carbonyl (C=O) groups is 1. The van der Waals surface area contributed by atoms with E-state index in [1.54, 1.807) is 4.90 Å². The zero-order valence-corrected chi connectivity index (χ0v) is 12.7. The number of nitrogens with one attached hydrogen (secondary N) is 1. The van der Waals surface area contributed by atoms with E-state index in [1.165, 1.54) is 19.3 Å². The van der Waals surface area contributed by atoms with Crippen molar-refractivity contribution in [2.45, 2.75) is 45.1 Å². The molecule has 0 aromatic rings. The SMILES string of the molecule is CC(CN1CCCCC1)OC(=N)C1CCN(C)C(=O)C1. The fraction of sp³-hybridized carbons (Fsp3) is 0.867. The third-order valence-corrected chi connectivity index (χ3v) is 4.32. The van der Waals surface area contributed by atoms with Gasteiger partial charge in [-0.1, -0.05) is 6.42 Å². The monoisotopic (exact) mass is 281 g/mol. The lowest BCUT2D eigenvalue weighted by molar-refractivity contribution is -0.132. The lowest BCUT2D eigenvalue weighted by atomic mass is 9.96. The Morgan fingerprint density at radius 3 is 2.70 bits per heavy atom. The van der Waals surface area contributed by atoms with E-state index >= 15 is 0 Å². The number of likely N-dealkylation sites (tertiary alicyclic amines) is 2. The third-order valence-electron chi connectivity index (χ3n) is 4.32. The molecule has 2 rings (SSSR count). The van der Waals surface area contributed by atoms with Gasteiger partial charge >= 0.3 is 0 Å². The highest BCUT2D eigenvalue weighted by atomic mass is 16.5. The number of ether oxygens (including phenoxy) is 1. The summed E-state index contributed by atoms with van der Waals surface area (Å²) < 4.78 is 5.75. The molecule has 1 N–H and O–H groups in total. The first kappa shape index (κ1) is 15.3. The molecule has 20 heavy (non-hydrogen) atoms. The van der Waals surface area contributed by atoms with Crippen LogP contribution in [0.3, 0.4) is 0 Å². The lowest BCUT2D eigenvalue weighted by Gasteiger charge is -2.32. The summed E-state index contributed by atoms with van der Waals surface area (Å²) in [4.78, 5) is 15.8. The summed E-state index contributed by atoms with van der Waals surface area (Å²) >= 11 is 0. The van der Waals surface area contributed by atoms with Gasteiger partial charge in [-0.05, 0) is 39.3 Å². The quantitative estimate of drug-likeness (QED) is 0.630. The van der Waals surface area contributed by atoms with E-state index in [0.29, 0.717) is 12.3 Å². The van der Waals surface area contributed by atoms with Crippen molar-refractivity contribution < 1.29 is 9.53 Å². The Bertz CT molecular complexity index is 353. The molecule has 5 nitrogen and oxygen atoms in total. The standard InChI is InChI=1S/C15H27N3O2/c1-12(11-18-7-4-3-5-8-18)20-15(16)13-6-9-17(2)14(19)10-13/h12-13,16H,3-11H2,1-2H3. The summed E-state index contributed by atoms with van der Waals surface area (Å²) in [7, 11) is 1.82. The third kappa shape index (κ3) is 4.20. The molecule has 2 unspecified atom stereocenters. The Balaban J connectivity index is 1.74. The first-order valence-corrected chi connectivity index (χ1v) is 7.77. The summed E-state index contributed by atoms with van der Waals surface area (Å²) in [6.45, 7) is 5.94. The van der Waals surface area contributed by atoms with Crippen molar-refractivity contribution in [2.24, 2.45) is 5.92 Å². The first-order chi connectivity index (χ1) is 9.56. The molecule has 0 spiro atoms. The highest BCUT2D eigenvalue weighted by Gasteiger charge is 2.28. The summed E-state index contributed by atoms with van der Waals surface area (Å²) in [5.41, 5.74) is 0. The number of rotatable bonds is 4. The number of hydrogen-bond donors (Lipinski definition) is 1. The minimum Gasteiger partial charge on any atom is -0.477 e. The van der Waals surface area contributed by atoms with Crippen molar-refractivity contribution in [3.8, 4) is 0 Å². The summed E-state index contributed by atoms with van der Waals surface area (Å²) in [6, 6.07) is 0. The van der Waals surface area contributed by atoms with Crippen molar-refractivity contribution in [1.82, 2.24) is 9.80 Å². The largest absolute Gasteiger partial charge is 0.477 e. The predicted molar refractivity (Wildman–Crippen MR) is 78.9 cm³/mol. The van der Waals surface area contributed by atoms with Gasteiger partial charge in [0.25, 0.3) is 0 Å². The number of hydrogen-bond acceptors (Lipinski definition) is 4. The molecule has 0 radical (unpaired) electrons. The molecule has 2 fully saturated rings. The van der Waals surface area contributed by atoms with Gasteiger partial charge in [-0.25, -0.2) is 0 Å². The average molecular weight is 281 g/mol. The van der Waals surface area contributed by atoms with Crippen LogP contribution in [0.15, 0.2) is 0 Å². The Morgan fingerprint density at radius 1 is 1.35 bits per heavy atom. The molecule has 2 saturated heterocycles. The minimum absolute atomic E-state index is 0.0255. The van der Waals surface area contributed by atoms with Gasteiger partial charge in [-0.2, -0.15) is 0 Å². The van der Waals surface area contributed by atoms with Crippen LogP contribution in [0.25, 0.3) is 0 Å². The van der Waals surface area contributed by atoms with Crippen molar-refractivity contribution >= 4 is 11.8 Å². The molecule has 0 aromatic heterocycles. The number of amides is 1. The van der Waals surface area contributed by atoms with Gasteiger partial charge in [0.2, 0.25) is 5.91 Å². The Labute approximate surface area is 121 Å². The van der Waals surface area contributed by atoms with E-state index in [9.17, 15) is 4.79 Å². The molecule has 2 heterocycles. The molecular weight excluding hydrogens is 254 g/mol. The van der Waals surface area contributed by atoms with Gasteiger partial charge in [0.15, 0.2) is 5.90 Å². The molecule has 2 atom stereocenters. The zero-order valence-electron chi connectivity index (χ0n) is 12.7. The van der Waals surface area contributed by atoms with Gasteiger partial charge in [-0.3, -0.25) is 15.1 Å². The first-order valence-electron chi connectivity index (χ1n) is 7.77. The second-order valence-corrected chi connectivity index (χ2v) is 6.16. The molecule has 0 aromatic carbocycles. The van der Waals surface area contributed by atoms with Crippen LogP contribution in [-0.4, -0.2) is 60.9 Å². The smallest absolute Gasteiger partial charge is 0.223 e. The van der Waals surface area contributed by atoms with Crippen LogP contribution in [0.5, 0.6) is 0 Å². The fourth-order valence-electron chi connectivity index (χ4n) is 3.02. The lowest BCUT2D eigenvalue weighted by Crippen LogP contribution is -2.41. The molecule has 0 bridgehead atoms. The Hall–Kier alpha value is -1.10. The van der Waals surface area contributed by atoms with Gasteiger partial charge in [0.05, 0.1) is 0 Å². The maximum absolute atomic E-state index is 11.7. The van der Waals surface area contributed by atoms with Crippen LogP contribution < -0.4 is 0 Å². The van der Waals surface area contributed by atoms with E-state index in [0.717, 1.165) is 32.6 Å². The Morgan fingerprint density at radius 2 is 2.05 bits per heavy atom. The second kappa shape index (κ2) is 7.07. The molecule has 1 amide bonds. The predicted octanol–water partition coefficient (Wildman–Crippen LogP) is 1.72. The van der Waals surface area contributed by atoms with Gasteiger partial charge in [-0.15, -0.1) is 0 Å². The van der Waals surface area contributed by atoms with E-state index in [-0.39, 0.29) is 17.9 Å². The summed E-state index contributed by atoms with van der Waals surface area (Å²) in [5.74, 6) is 0.400. The van der Waals surface area contributed by atoms with Crippen molar-refractivity contribution in [2.75, 3.05) is 33.2 Å². The molecule has 0 aliphatic carbocycles. The molecule has 114 valence electrons. The molecular formula is C15H27N3O2. The van der Waals surface area contributed by atoms with E-state index in [2.05, 4.69) is 4.90 Å². The van der Waals surface area contributed by atoms with Gasteiger partial charge < -0.3 is 9.64 Å². The van der Waals surface area contributed by atoms with E-state index < -0.39 is 0 Å². The summed E-state index contributed by atoms with van der Waals surface area (Å²) in [6.07, 6.45) is 5.18. The average Bonchev–Trinajstić information content (AvgIpc) is 2.42. The van der Waals surface area contributed by atoms with Crippen molar-refractivity contribution in [3.63, 3.8) is 0 Å². The fourth-order valence-corrected chi connectivity index (χ4v) is 3.02. The molecule has 0 saturated carbocycles. The second-order valence-electron chi connectivity index (χ2n) is 6.16. The highest BCUT2D eigenvalue weighted by molar-refractivity contribution is 5.85. The summed E-state index contributed by atoms with van der Waals surface area (Å²) in [5, 5.41) is 8.08. The van der Waals surface area contributed by atoms with Crippen molar-refractivity contribution in [3.05, 3.63) is 0 Å². The van der Waals surface area contributed by atoms with Crippen LogP contribution in [-0.2, 0) is 9.53 Å². The number of nitrogens with zero attached hydrogens (tertiary/aromatic N) is 2. The van der Waals surface area contributed by atoms with Crippen LogP contribution in [0, 0.1) is 11.3 Å². The maximum Gasteiger partial charge on any atom is 0.223 e. The number of carbonyl (C=O) groups excluding carboxylic acids is 1. The van der Waals surface area contributed by atoms with Gasteiger partial charge in [0, 0.05) is 32.5 Å². The number of piperidine rings is 2. The van der Waals surface area contributed by atoms with Crippen LogP contribution in [0.2, 0.25) is 0 Å². The molecule has 2 aliphatic rings. The topological polar surface area (TPSA) is 56.6 Å². The van der Waals surface area contributed by atoms with Crippen molar-refractivity contribution in [1.29, 1.82) is 5.41 Å². The van der Waals surface area contributed by atoms with E-state index in [4.69, 9.17) is 10.1 Å². The normalized spacial score (nSPS) is 26.4. The molecule has 2 aliphatic heterocycles. The highest BCUT2D eigenvalue weighted by Crippen LogP contribution is 2.20. The van der Waals surface area contributed by atoms with E-state index in [1.807, 2.05) is 14.0 Å². The zero-order chi connectivity index (χ0) is 14.5. The van der Waals surface area contributed by atoms with Crippen LogP contribution in [0.4, 0.5) is 0 Å². The van der Waals surface area contributed by atoms with Crippen LogP contribution in [0.1, 0.15) is 39.0 Å². The van der Waals surface area contributed by atoms with Crippen LogP contribution >= 0.6 is 0 Å². The Kier molecular flexibility index (Phi) is 5.40.